The third-order valence-electron chi connectivity index (χ3n) is 3.21. The minimum absolute atomic E-state index is 0.235. The first-order valence-corrected chi connectivity index (χ1v) is 8.22. The summed E-state index contributed by atoms with van der Waals surface area (Å²) in [6.45, 7) is 1.66. The second kappa shape index (κ2) is 5.60. The number of benzene rings is 2. The van der Waals surface area contributed by atoms with Crippen LogP contribution in [0.25, 0.3) is 0 Å². The van der Waals surface area contributed by atoms with Crippen LogP contribution in [-0.2, 0) is 11.3 Å². The summed E-state index contributed by atoms with van der Waals surface area (Å²) in [6, 6.07) is 20.5. The van der Waals surface area contributed by atoms with E-state index in [0.29, 0.717) is 5.91 Å². The molecule has 1 saturated heterocycles. The van der Waals surface area contributed by atoms with Gasteiger partial charge in [-0.05, 0) is 0 Å². The summed E-state index contributed by atoms with van der Waals surface area (Å²) in [7, 11) is 0. The molecule has 3 rings (SSSR count). The zero-order valence-corrected chi connectivity index (χ0v) is 12.2. The molecule has 1 atom stereocenters. The van der Waals surface area contributed by atoms with Gasteiger partial charge in [-0.25, -0.2) is 0 Å². The van der Waals surface area contributed by atoms with Crippen LogP contribution in [0.4, 0.5) is 0 Å². The van der Waals surface area contributed by atoms with Crippen LogP contribution in [0.1, 0.15) is 5.56 Å². The Labute approximate surface area is 119 Å². The molecule has 2 nitrogen and oxygen atoms in total. The fourth-order valence-corrected chi connectivity index (χ4v) is 4.56. The van der Waals surface area contributed by atoms with Crippen LogP contribution in [0.5, 0.6) is 0 Å². The van der Waals surface area contributed by atoms with E-state index in [1.54, 1.807) is 0 Å². The normalized spacial score (nSPS) is 18.2. The number of β-lactam (4-membered cyclic amide) rings is 1. The van der Waals surface area contributed by atoms with Crippen molar-refractivity contribution in [2.45, 2.75) is 11.4 Å². The Morgan fingerprint density at radius 3 is 2.26 bits per heavy atom. The van der Waals surface area contributed by atoms with Crippen LogP contribution in [-0.4, -0.2) is 32.3 Å². The summed E-state index contributed by atoms with van der Waals surface area (Å²) in [5, 5.41) is 0. The van der Waals surface area contributed by atoms with Crippen LogP contribution in [0.3, 0.4) is 0 Å². The van der Waals surface area contributed by atoms with Gasteiger partial charge in [-0.1, -0.05) is 0 Å². The number of carbonyl (C=O) groups is 1. The molecule has 2 aromatic carbocycles. The van der Waals surface area contributed by atoms with Crippen LogP contribution in [0, 0.1) is 0 Å². The quantitative estimate of drug-likeness (QED) is 0.623. The third-order valence-corrected chi connectivity index (χ3v) is 5.69. The van der Waals surface area contributed by atoms with Gasteiger partial charge in [0.25, 0.3) is 0 Å². The summed E-state index contributed by atoms with van der Waals surface area (Å²) < 4.78 is 1.31. The van der Waals surface area contributed by atoms with E-state index in [-0.39, 0.29) is 19.8 Å². The molecule has 96 valence electrons. The molecule has 1 heterocycles. The van der Waals surface area contributed by atoms with Crippen molar-refractivity contribution in [3.63, 3.8) is 0 Å². The molecule has 1 amide bonds. The monoisotopic (exact) mass is 317 g/mol. The van der Waals surface area contributed by atoms with E-state index in [1.807, 2.05) is 41.3 Å². The van der Waals surface area contributed by atoms with E-state index in [2.05, 4.69) is 24.3 Å². The zero-order chi connectivity index (χ0) is 13.1. The molecule has 0 N–H and O–H groups in total. The Morgan fingerprint density at radius 1 is 1.00 bits per heavy atom. The van der Waals surface area contributed by atoms with Gasteiger partial charge >= 0.3 is 119 Å². The first-order chi connectivity index (χ1) is 9.33. The Balaban J connectivity index is 1.56. The number of hydrogen-bond acceptors (Lipinski definition) is 1. The molecule has 1 fully saturated rings. The van der Waals surface area contributed by atoms with Crippen LogP contribution in [0.2, 0.25) is 4.82 Å². The van der Waals surface area contributed by atoms with Gasteiger partial charge in [-0.3, -0.25) is 0 Å². The minimum atomic E-state index is 0.235. The Kier molecular flexibility index (Phi) is 3.67. The Hall–Kier alpha value is -1.57. The van der Waals surface area contributed by atoms with Crippen molar-refractivity contribution in [2.75, 3.05) is 6.54 Å². The van der Waals surface area contributed by atoms with Gasteiger partial charge in [0, 0.05) is 0 Å². The van der Waals surface area contributed by atoms with Gasteiger partial charge in [-0.2, -0.15) is 0 Å². The average molecular weight is 316 g/mol. The predicted molar refractivity (Wildman–Crippen MR) is 77.4 cm³/mol. The molecule has 0 saturated carbocycles. The second-order valence-corrected chi connectivity index (χ2v) is 7.30. The van der Waals surface area contributed by atoms with Gasteiger partial charge in [0.15, 0.2) is 0 Å². The van der Waals surface area contributed by atoms with E-state index in [9.17, 15) is 4.79 Å². The van der Waals surface area contributed by atoms with Crippen LogP contribution < -0.4 is 4.46 Å². The molecule has 0 spiro atoms. The second-order valence-electron chi connectivity index (χ2n) is 4.62. The number of amides is 1. The van der Waals surface area contributed by atoms with Crippen molar-refractivity contribution in [2.24, 2.45) is 0 Å². The summed E-state index contributed by atoms with van der Waals surface area (Å²) in [4.78, 5) is 14.3. The summed E-state index contributed by atoms with van der Waals surface area (Å²) in [6.07, 6.45) is 0. The van der Waals surface area contributed by atoms with Crippen molar-refractivity contribution in [1.29, 1.82) is 0 Å². The predicted octanol–water partition coefficient (Wildman–Crippen LogP) is 1.85. The standard InChI is InChI=1S/C16H15NOSe/c18-16-15(19-14-9-5-2-6-10-14)12-17(16)11-13-7-3-1-4-8-13/h1-10,15H,11-12H2/t15-/m1/s1. The number of likely N-dealkylation sites (tertiary alicyclic amines) is 1. The van der Waals surface area contributed by atoms with Crippen molar-refractivity contribution in [1.82, 2.24) is 4.90 Å². The summed E-state index contributed by atoms with van der Waals surface area (Å²) in [5.74, 6) is 0.313. The maximum atomic E-state index is 12.1. The van der Waals surface area contributed by atoms with E-state index >= 15 is 0 Å². The van der Waals surface area contributed by atoms with E-state index in [0.717, 1.165) is 13.1 Å². The molecule has 3 heteroatoms. The fraction of sp³-hybridized carbons (Fsp3) is 0.188. The van der Waals surface area contributed by atoms with E-state index in [4.69, 9.17) is 0 Å². The molecule has 0 aromatic heterocycles. The van der Waals surface area contributed by atoms with Gasteiger partial charge < -0.3 is 0 Å². The first-order valence-electron chi connectivity index (χ1n) is 6.37. The molecule has 2 aromatic rings. The van der Waals surface area contributed by atoms with Crippen LogP contribution in [0.15, 0.2) is 60.7 Å². The van der Waals surface area contributed by atoms with Crippen molar-refractivity contribution in [3.8, 4) is 0 Å². The molecule has 1 aliphatic rings. The Morgan fingerprint density at radius 2 is 1.63 bits per heavy atom. The topological polar surface area (TPSA) is 20.3 Å². The summed E-state index contributed by atoms with van der Waals surface area (Å²) in [5.41, 5.74) is 1.21. The molecule has 0 aliphatic carbocycles. The van der Waals surface area contributed by atoms with Crippen LogP contribution >= 0.6 is 0 Å². The first kappa shape index (κ1) is 12.5. The average Bonchev–Trinajstić information content (AvgIpc) is 2.48. The molecular formula is C16H15NOSe. The molecular weight excluding hydrogens is 301 g/mol. The van der Waals surface area contributed by atoms with Gasteiger partial charge in [-0.15, -0.1) is 0 Å². The Bertz CT molecular complexity index is 506. The summed E-state index contributed by atoms with van der Waals surface area (Å²) >= 11 is 0.269. The van der Waals surface area contributed by atoms with Gasteiger partial charge in [0.05, 0.1) is 0 Å². The maximum absolute atomic E-state index is 12.1. The molecule has 0 bridgehead atoms. The third kappa shape index (κ3) is 2.89. The molecule has 19 heavy (non-hydrogen) atoms. The SMILES string of the molecule is O=C1[C@H]([Se]c2ccccc2)CN1Cc1ccccc1. The van der Waals surface area contributed by atoms with Gasteiger partial charge in [0.1, 0.15) is 0 Å². The number of rotatable bonds is 4. The number of hydrogen-bond donors (Lipinski definition) is 0. The van der Waals surface area contributed by atoms with Crippen molar-refractivity contribution in [3.05, 3.63) is 66.2 Å². The zero-order valence-electron chi connectivity index (χ0n) is 10.5. The van der Waals surface area contributed by atoms with E-state index < -0.39 is 0 Å². The fourth-order valence-electron chi connectivity index (χ4n) is 2.16. The number of nitrogens with zero attached hydrogens (tertiary/aromatic N) is 1. The molecule has 0 radical (unpaired) electrons. The molecule has 1 aliphatic heterocycles. The van der Waals surface area contributed by atoms with Gasteiger partial charge in [0.2, 0.25) is 0 Å². The van der Waals surface area contributed by atoms with Crippen molar-refractivity contribution < 1.29 is 4.79 Å². The number of carbonyl (C=O) groups excluding carboxylic acids is 1. The van der Waals surface area contributed by atoms with E-state index in [1.165, 1.54) is 10.0 Å². The van der Waals surface area contributed by atoms with Crippen molar-refractivity contribution >= 4 is 25.3 Å². The molecule has 0 unspecified atom stereocenters.